The fraction of sp³-hybridized carbons (Fsp3) is 0.714. The molecule has 1 heterocycles. The van der Waals surface area contributed by atoms with Crippen molar-refractivity contribution in [1.29, 1.82) is 0 Å². The van der Waals surface area contributed by atoms with E-state index in [0.29, 0.717) is 0 Å². The number of hydrogen-bond acceptors (Lipinski definition) is 2. The molecule has 0 aromatic carbocycles. The molecule has 0 saturated heterocycles. The highest BCUT2D eigenvalue weighted by Crippen LogP contribution is 2.12. The van der Waals surface area contributed by atoms with Crippen LogP contribution in [0.4, 0.5) is 8.78 Å². The van der Waals surface area contributed by atoms with Gasteiger partial charge in [-0.2, -0.15) is 0 Å². The molecular weight excluding hydrogens is 150 g/mol. The van der Waals surface area contributed by atoms with Crippen molar-refractivity contribution in [3.8, 4) is 0 Å². The number of halogens is 2. The third-order valence-electron chi connectivity index (χ3n) is 1.35. The van der Waals surface area contributed by atoms with E-state index >= 15 is 0 Å². The minimum Gasteiger partial charge on any atom is -0.335 e. The molecule has 61 valence electrons. The molecule has 0 spiro atoms. The van der Waals surface area contributed by atoms with Gasteiger partial charge < -0.3 is 4.90 Å². The molecule has 0 saturated carbocycles. The van der Waals surface area contributed by atoms with Crippen molar-refractivity contribution in [2.75, 3.05) is 6.54 Å². The maximum atomic E-state index is 11.8. The molecule has 2 nitrogen and oxygen atoms in total. The maximum Gasteiger partial charge on any atom is 0.255 e. The van der Waals surface area contributed by atoms with E-state index in [-0.39, 0.29) is 12.6 Å². The topological polar surface area (TPSA) is 15.6 Å². The van der Waals surface area contributed by atoms with Crippen LogP contribution in [0.1, 0.15) is 13.3 Å². The van der Waals surface area contributed by atoms with E-state index in [1.807, 2.05) is 6.92 Å². The Morgan fingerprint density at radius 1 is 1.64 bits per heavy atom. The summed E-state index contributed by atoms with van der Waals surface area (Å²) in [7, 11) is 0. The van der Waals surface area contributed by atoms with E-state index in [1.54, 1.807) is 0 Å². The lowest BCUT2D eigenvalue weighted by molar-refractivity contribution is 0.125. The monoisotopic (exact) mass is 159 g/mol. The van der Waals surface area contributed by atoms with E-state index in [1.165, 1.54) is 4.90 Å². The van der Waals surface area contributed by atoms with Gasteiger partial charge in [0, 0.05) is 0 Å². The summed E-state index contributed by atoms with van der Waals surface area (Å²) in [4.78, 5) is 5.01. The highest BCUT2D eigenvalue weighted by atomic mass is 19.3. The van der Waals surface area contributed by atoms with Crippen molar-refractivity contribution >= 4 is 6.34 Å². The Bertz CT molecular complexity index is 147. The van der Waals surface area contributed by atoms with Crippen LogP contribution < -0.4 is 0 Å². The average molecular weight is 159 g/mol. The summed E-state index contributed by atoms with van der Waals surface area (Å²) >= 11 is 0. The van der Waals surface area contributed by atoms with Crippen LogP contribution in [-0.4, -0.2) is 30.3 Å². The predicted octanol–water partition coefficient (Wildman–Crippen LogP) is 1.29. The highest BCUT2D eigenvalue weighted by Gasteiger charge is 2.20. The van der Waals surface area contributed by atoms with Crippen LogP contribution in [0.2, 0.25) is 0 Å². The summed E-state index contributed by atoms with van der Waals surface area (Å²) in [6.45, 7) is 4.33. The SMILES string of the molecule is CCC1[C]N(CC(F)F)[C]=N1. The quantitative estimate of drug-likeness (QED) is 0.605. The Hall–Kier alpha value is -0.670. The Labute approximate surface area is 64.9 Å². The van der Waals surface area contributed by atoms with Crippen molar-refractivity contribution in [1.82, 2.24) is 4.90 Å². The Balaban J connectivity index is 2.26. The first kappa shape index (κ1) is 8.43. The average Bonchev–Trinajstić information content (AvgIpc) is 2.34. The van der Waals surface area contributed by atoms with Crippen molar-refractivity contribution in [3.05, 3.63) is 6.54 Å². The van der Waals surface area contributed by atoms with Gasteiger partial charge in [0.05, 0.1) is 12.6 Å². The van der Waals surface area contributed by atoms with E-state index in [9.17, 15) is 8.78 Å². The van der Waals surface area contributed by atoms with Gasteiger partial charge in [0.15, 0.2) is 6.34 Å². The van der Waals surface area contributed by atoms with Crippen LogP contribution in [0.3, 0.4) is 0 Å². The lowest BCUT2D eigenvalue weighted by Gasteiger charge is -2.11. The first-order valence-corrected chi connectivity index (χ1v) is 3.49. The van der Waals surface area contributed by atoms with Gasteiger partial charge in [0.2, 0.25) is 0 Å². The molecule has 11 heavy (non-hydrogen) atoms. The van der Waals surface area contributed by atoms with Crippen molar-refractivity contribution in [3.63, 3.8) is 0 Å². The third-order valence-corrected chi connectivity index (χ3v) is 1.35. The number of aliphatic imine (C=N–C) groups is 1. The third kappa shape index (κ3) is 2.44. The van der Waals surface area contributed by atoms with E-state index < -0.39 is 6.43 Å². The molecular formula is C7H9F2N2. The van der Waals surface area contributed by atoms with Gasteiger partial charge in [-0.15, -0.1) is 0 Å². The van der Waals surface area contributed by atoms with Gasteiger partial charge in [-0.1, -0.05) is 6.92 Å². The molecule has 1 atom stereocenters. The zero-order valence-corrected chi connectivity index (χ0v) is 6.22. The Kier molecular flexibility index (Phi) is 2.79. The standard InChI is InChI=1S/C7H9F2N2/c1-2-6-3-11(5-10-6)4-7(8)9/h6-7H,2,4H2,1H3. The Morgan fingerprint density at radius 2 is 2.36 bits per heavy atom. The lowest BCUT2D eigenvalue weighted by atomic mass is 10.2. The Morgan fingerprint density at radius 3 is 2.82 bits per heavy atom. The van der Waals surface area contributed by atoms with Gasteiger partial charge in [-0.25, -0.2) is 8.78 Å². The molecule has 1 aliphatic rings. The second-order valence-electron chi connectivity index (χ2n) is 2.28. The smallest absolute Gasteiger partial charge is 0.255 e. The maximum absolute atomic E-state index is 11.8. The summed E-state index contributed by atoms with van der Waals surface area (Å²) in [5.41, 5.74) is 0. The van der Waals surface area contributed by atoms with Gasteiger partial charge in [0.25, 0.3) is 6.43 Å². The zero-order valence-electron chi connectivity index (χ0n) is 6.22. The number of hydrogen-bond donors (Lipinski definition) is 0. The van der Waals surface area contributed by atoms with Crippen molar-refractivity contribution in [2.45, 2.75) is 25.8 Å². The van der Waals surface area contributed by atoms with Gasteiger partial charge in [0.1, 0.15) is 6.54 Å². The molecule has 4 heteroatoms. The van der Waals surface area contributed by atoms with Crippen LogP contribution in [0, 0.1) is 6.54 Å². The molecule has 1 rings (SSSR count). The first-order valence-electron chi connectivity index (χ1n) is 3.49. The lowest BCUT2D eigenvalue weighted by Crippen LogP contribution is -2.23. The van der Waals surface area contributed by atoms with E-state index in [0.717, 1.165) is 6.42 Å². The molecule has 0 fully saturated rings. The molecule has 0 aliphatic carbocycles. The fourth-order valence-corrected chi connectivity index (χ4v) is 0.791. The summed E-state index contributed by atoms with van der Waals surface area (Å²) in [5, 5.41) is 0. The molecule has 0 N–H and O–H groups in total. The van der Waals surface area contributed by atoms with Gasteiger partial charge in [-0.05, 0) is 6.42 Å². The minimum absolute atomic E-state index is 0.0752. The summed E-state index contributed by atoms with van der Waals surface area (Å²) in [6, 6.07) is -0.0752. The van der Waals surface area contributed by atoms with Crippen LogP contribution in [0.25, 0.3) is 0 Å². The molecule has 1 aliphatic heterocycles. The summed E-state index contributed by atoms with van der Waals surface area (Å²) in [6.07, 6.45) is 0.894. The zero-order chi connectivity index (χ0) is 8.27. The minimum atomic E-state index is -2.35. The first-order chi connectivity index (χ1) is 5.22. The van der Waals surface area contributed by atoms with Crippen molar-refractivity contribution < 1.29 is 8.78 Å². The number of rotatable bonds is 3. The molecule has 0 amide bonds. The van der Waals surface area contributed by atoms with Gasteiger partial charge >= 0.3 is 0 Å². The normalized spacial score (nSPS) is 23.6. The van der Waals surface area contributed by atoms with Gasteiger partial charge in [-0.3, -0.25) is 4.99 Å². The van der Waals surface area contributed by atoms with Crippen LogP contribution in [-0.2, 0) is 0 Å². The van der Waals surface area contributed by atoms with E-state index in [4.69, 9.17) is 0 Å². The highest BCUT2D eigenvalue weighted by molar-refractivity contribution is 5.59. The molecule has 3 radical (unpaired) electrons. The van der Waals surface area contributed by atoms with Crippen molar-refractivity contribution in [2.24, 2.45) is 4.99 Å². The van der Waals surface area contributed by atoms with Crippen LogP contribution >= 0.6 is 0 Å². The molecule has 0 bridgehead atoms. The molecule has 0 aromatic rings. The fourth-order valence-electron chi connectivity index (χ4n) is 0.791. The molecule has 0 aromatic heterocycles. The number of nitrogens with zero attached hydrogens (tertiary/aromatic N) is 2. The van der Waals surface area contributed by atoms with E-state index in [2.05, 4.69) is 17.9 Å². The predicted molar refractivity (Wildman–Crippen MR) is 37.5 cm³/mol. The van der Waals surface area contributed by atoms with Crippen LogP contribution in [0.15, 0.2) is 4.99 Å². The summed E-state index contributed by atoms with van der Waals surface area (Å²) in [5.74, 6) is 0. The molecule has 1 unspecified atom stereocenters. The summed E-state index contributed by atoms with van der Waals surface area (Å²) < 4.78 is 23.5. The second-order valence-corrected chi connectivity index (χ2v) is 2.28. The number of alkyl halides is 2. The largest absolute Gasteiger partial charge is 0.335 e. The second kappa shape index (κ2) is 3.64. The van der Waals surface area contributed by atoms with Crippen LogP contribution in [0.5, 0.6) is 0 Å².